The van der Waals surface area contributed by atoms with Gasteiger partial charge in [0.1, 0.15) is 5.75 Å². The van der Waals surface area contributed by atoms with E-state index >= 15 is 0 Å². The minimum atomic E-state index is -3.52. The Kier molecular flexibility index (Phi) is 6.05. The molecule has 1 atom stereocenters. The Morgan fingerprint density at radius 3 is 2.56 bits per heavy atom. The van der Waals surface area contributed by atoms with Gasteiger partial charge in [0.05, 0.1) is 17.4 Å². The molecule has 0 N–H and O–H groups in total. The molecule has 18 heavy (non-hydrogen) atoms. The van der Waals surface area contributed by atoms with E-state index < -0.39 is 9.05 Å². The number of hydrogen-bond donors (Lipinski definition) is 0. The third-order valence-corrected chi connectivity index (χ3v) is 4.17. The summed E-state index contributed by atoms with van der Waals surface area (Å²) in [7, 11) is 1.69. The molecule has 7 heteroatoms. The van der Waals surface area contributed by atoms with Gasteiger partial charge in [-0.1, -0.05) is 30.1 Å². The second kappa shape index (κ2) is 6.85. The van der Waals surface area contributed by atoms with Crippen molar-refractivity contribution in [3.05, 3.63) is 28.2 Å². The van der Waals surface area contributed by atoms with Crippen LogP contribution < -0.4 is 4.74 Å². The summed E-state index contributed by atoms with van der Waals surface area (Å²) in [4.78, 5) is 0. The predicted molar refractivity (Wildman–Crippen MR) is 75.4 cm³/mol. The van der Waals surface area contributed by atoms with E-state index in [1.54, 1.807) is 18.2 Å². The second-order valence-electron chi connectivity index (χ2n) is 3.87. The zero-order chi connectivity index (χ0) is 13.8. The topological polar surface area (TPSA) is 43.4 Å². The molecule has 0 fully saturated rings. The van der Waals surface area contributed by atoms with Crippen LogP contribution in [-0.4, -0.2) is 20.8 Å². The average Bonchev–Trinajstić information content (AvgIpc) is 2.27. The van der Waals surface area contributed by atoms with E-state index in [1.165, 1.54) is 0 Å². The Labute approximate surface area is 121 Å². The highest BCUT2D eigenvalue weighted by molar-refractivity contribution is 8.13. The van der Waals surface area contributed by atoms with Crippen molar-refractivity contribution < 1.29 is 13.2 Å². The maximum atomic E-state index is 11.0. The molecular weight excluding hydrogens is 319 g/mol. The van der Waals surface area contributed by atoms with Crippen LogP contribution in [0.4, 0.5) is 0 Å². The summed E-state index contributed by atoms with van der Waals surface area (Å²) in [6.07, 6.45) is 0.643. The lowest BCUT2D eigenvalue weighted by Crippen LogP contribution is -2.19. The van der Waals surface area contributed by atoms with Gasteiger partial charge in [0, 0.05) is 27.7 Å². The maximum absolute atomic E-state index is 11.0. The molecule has 0 radical (unpaired) electrons. The summed E-state index contributed by atoms with van der Waals surface area (Å²) >= 11 is 11.7. The molecule has 0 saturated carbocycles. The number of benzene rings is 1. The molecule has 1 aromatic carbocycles. The van der Waals surface area contributed by atoms with E-state index in [9.17, 15) is 8.42 Å². The quantitative estimate of drug-likeness (QED) is 0.741. The minimum Gasteiger partial charge on any atom is -0.492 e. The van der Waals surface area contributed by atoms with E-state index in [1.807, 2.05) is 6.92 Å². The molecule has 0 amide bonds. The Hall–Kier alpha value is -0.160. The highest BCUT2D eigenvalue weighted by atomic mass is 35.7. The van der Waals surface area contributed by atoms with Crippen molar-refractivity contribution in [2.24, 2.45) is 5.92 Å². The van der Waals surface area contributed by atoms with E-state index in [0.717, 1.165) is 0 Å². The van der Waals surface area contributed by atoms with Crippen molar-refractivity contribution in [3.63, 3.8) is 0 Å². The third kappa shape index (κ3) is 5.65. The van der Waals surface area contributed by atoms with Crippen LogP contribution in [-0.2, 0) is 9.05 Å². The van der Waals surface area contributed by atoms with Gasteiger partial charge in [-0.3, -0.25) is 0 Å². The van der Waals surface area contributed by atoms with Crippen LogP contribution in [0, 0.1) is 5.92 Å². The molecule has 102 valence electrons. The molecule has 0 bridgehead atoms. The Morgan fingerprint density at radius 2 is 2.00 bits per heavy atom. The molecule has 1 rings (SSSR count). The maximum Gasteiger partial charge on any atom is 0.232 e. The number of rotatable bonds is 6. The van der Waals surface area contributed by atoms with Gasteiger partial charge in [0.15, 0.2) is 0 Å². The van der Waals surface area contributed by atoms with Crippen LogP contribution in [0.15, 0.2) is 18.2 Å². The summed E-state index contributed by atoms with van der Waals surface area (Å²) in [6, 6.07) is 4.86. The highest BCUT2D eigenvalue weighted by Crippen LogP contribution is 2.28. The molecule has 3 nitrogen and oxygen atoms in total. The molecule has 0 aliphatic heterocycles. The fourth-order valence-corrected chi connectivity index (χ4v) is 3.12. The Morgan fingerprint density at radius 1 is 1.33 bits per heavy atom. The minimum absolute atomic E-state index is 0.122. The van der Waals surface area contributed by atoms with E-state index in [0.29, 0.717) is 22.2 Å². The fraction of sp³-hybridized carbons (Fsp3) is 0.455. The van der Waals surface area contributed by atoms with Crippen LogP contribution >= 0.6 is 33.9 Å². The van der Waals surface area contributed by atoms with Crippen LogP contribution in [0.5, 0.6) is 5.75 Å². The number of ether oxygens (including phenoxy) is 1. The van der Waals surface area contributed by atoms with Crippen LogP contribution in [0.1, 0.15) is 13.3 Å². The van der Waals surface area contributed by atoms with E-state index in [2.05, 4.69) is 0 Å². The van der Waals surface area contributed by atoms with Gasteiger partial charge < -0.3 is 4.74 Å². The van der Waals surface area contributed by atoms with Crippen molar-refractivity contribution >= 4 is 42.9 Å². The lowest BCUT2D eigenvalue weighted by Gasteiger charge is -2.15. The first-order valence-electron chi connectivity index (χ1n) is 5.32. The molecule has 0 aliphatic carbocycles. The van der Waals surface area contributed by atoms with Crippen LogP contribution in [0.25, 0.3) is 0 Å². The average molecular weight is 332 g/mol. The Bertz CT molecular complexity index is 502. The second-order valence-corrected chi connectivity index (χ2v) is 7.53. The molecule has 1 unspecified atom stereocenters. The van der Waals surface area contributed by atoms with Gasteiger partial charge in [-0.15, -0.1) is 0 Å². The highest BCUT2D eigenvalue weighted by Gasteiger charge is 2.16. The lowest BCUT2D eigenvalue weighted by molar-refractivity contribution is 0.258. The first-order valence-corrected chi connectivity index (χ1v) is 8.55. The van der Waals surface area contributed by atoms with Crippen LogP contribution in [0.2, 0.25) is 10.0 Å². The first kappa shape index (κ1) is 15.9. The summed E-state index contributed by atoms with van der Waals surface area (Å²) in [5.74, 6) is 0.139. The molecular formula is C11H13Cl3O3S. The van der Waals surface area contributed by atoms with Crippen LogP contribution in [0.3, 0.4) is 0 Å². The predicted octanol–water partition coefficient (Wildman–Crippen LogP) is 3.97. The summed E-state index contributed by atoms with van der Waals surface area (Å²) in [6.45, 7) is 2.10. The third-order valence-electron chi connectivity index (χ3n) is 2.38. The molecule has 0 spiro atoms. The van der Waals surface area contributed by atoms with Crippen molar-refractivity contribution in [2.75, 3.05) is 12.4 Å². The smallest absolute Gasteiger partial charge is 0.232 e. The largest absolute Gasteiger partial charge is 0.492 e. The van der Waals surface area contributed by atoms with Gasteiger partial charge in [0.2, 0.25) is 9.05 Å². The SMILES string of the molecule is CCC(COc1cc(Cl)ccc1Cl)CS(=O)(=O)Cl. The van der Waals surface area contributed by atoms with Crippen molar-refractivity contribution in [2.45, 2.75) is 13.3 Å². The lowest BCUT2D eigenvalue weighted by atomic mass is 10.1. The van der Waals surface area contributed by atoms with Crippen molar-refractivity contribution in [1.82, 2.24) is 0 Å². The van der Waals surface area contributed by atoms with E-state index in [4.69, 9.17) is 38.6 Å². The number of halogens is 3. The Balaban J connectivity index is 2.65. The summed E-state index contributed by atoms with van der Waals surface area (Å²) < 4.78 is 27.5. The standard InChI is InChI=1S/C11H13Cl3O3S/c1-2-8(7-18(14,15)16)6-17-11-5-9(12)3-4-10(11)13/h3-5,8H,2,6-7H2,1H3. The van der Waals surface area contributed by atoms with Gasteiger partial charge in [-0.05, 0) is 18.6 Å². The molecule has 0 aromatic heterocycles. The zero-order valence-corrected chi connectivity index (χ0v) is 12.8. The zero-order valence-electron chi connectivity index (χ0n) is 9.70. The van der Waals surface area contributed by atoms with Gasteiger partial charge in [-0.25, -0.2) is 8.42 Å². The van der Waals surface area contributed by atoms with Crippen molar-refractivity contribution in [3.8, 4) is 5.75 Å². The summed E-state index contributed by atoms with van der Waals surface area (Å²) in [5.41, 5.74) is 0. The summed E-state index contributed by atoms with van der Waals surface area (Å²) in [5, 5.41) is 0.940. The van der Waals surface area contributed by atoms with Gasteiger partial charge in [-0.2, -0.15) is 0 Å². The molecule has 0 aliphatic rings. The van der Waals surface area contributed by atoms with Gasteiger partial charge >= 0.3 is 0 Å². The molecule has 1 aromatic rings. The molecule has 0 saturated heterocycles. The fourth-order valence-electron chi connectivity index (χ4n) is 1.36. The number of hydrogen-bond acceptors (Lipinski definition) is 3. The van der Waals surface area contributed by atoms with E-state index in [-0.39, 0.29) is 18.3 Å². The molecule has 0 heterocycles. The van der Waals surface area contributed by atoms with Crippen molar-refractivity contribution in [1.29, 1.82) is 0 Å². The van der Waals surface area contributed by atoms with Gasteiger partial charge in [0.25, 0.3) is 0 Å². The monoisotopic (exact) mass is 330 g/mol. The normalized spacial score (nSPS) is 13.3. The first-order chi connectivity index (χ1) is 8.31.